The fraction of sp³-hybridized carbons (Fsp3) is 0.852. The number of hydrogen-bond acceptors (Lipinski definition) is 7. The number of hydrazine groups is 1. The van der Waals surface area contributed by atoms with E-state index in [4.69, 9.17) is 20.4 Å². The van der Waals surface area contributed by atoms with Gasteiger partial charge in [-0.3, -0.25) is 15.0 Å². The Morgan fingerprint density at radius 3 is 1.34 bits per heavy atom. The molecule has 38 heavy (non-hydrogen) atoms. The van der Waals surface area contributed by atoms with E-state index in [0.717, 1.165) is 38.5 Å². The summed E-state index contributed by atoms with van der Waals surface area (Å²) < 4.78 is 10.3. The van der Waals surface area contributed by atoms with Gasteiger partial charge in [0.05, 0.1) is 5.92 Å². The van der Waals surface area contributed by atoms with Crippen LogP contribution in [0.2, 0.25) is 0 Å². The average molecular weight is 545 g/mol. The molecule has 11 heteroatoms. The first-order valence-electron chi connectivity index (χ1n) is 13.3. The number of aliphatic carboxylic acids is 1. The highest BCUT2D eigenvalue weighted by molar-refractivity contribution is 5.78. The zero-order valence-corrected chi connectivity index (χ0v) is 23.4. The zero-order valence-electron chi connectivity index (χ0n) is 23.4. The summed E-state index contributed by atoms with van der Waals surface area (Å²) in [6.45, 7) is 12.2. The maximum Gasteiger partial charge on any atom is 0.407 e. The molecule has 6 N–H and O–H groups in total. The number of amides is 3. The highest BCUT2D eigenvalue weighted by Crippen LogP contribution is 2.29. The molecule has 0 bridgehead atoms. The summed E-state index contributed by atoms with van der Waals surface area (Å²) in [5.41, 5.74) is 1.24. The number of carbonyl (C=O) groups is 4. The first-order valence-corrected chi connectivity index (χ1v) is 13.3. The topological polar surface area (TPSA) is 169 Å². The second kappa shape index (κ2) is 16.4. The van der Waals surface area contributed by atoms with Crippen LogP contribution in [0, 0.1) is 23.7 Å². The Kier molecular flexibility index (Phi) is 15.3. The molecule has 0 aromatic carbocycles. The van der Waals surface area contributed by atoms with Crippen molar-refractivity contribution >= 4 is 24.1 Å². The Morgan fingerprint density at radius 2 is 1.05 bits per heavy atom. The van der Waals surface area contributed by atoms with Gasteiger partial charge in [0, 0.05) is 19.0 Å². The lowest BCUT2D eigenvalue weighted by Gasteiger charge is -2.28. The quantitative estimate of drug-likeness (QED) is 0.187. The Balaban J connectivity index is 0.000000703. The first-order chi connectivity index (χ1) is 17.1. The van der Waals surface area contributed by atoms with E-state index in [-0.39, 0.29) is 31.3 Å². The van der Waals surface area contributed by atoms with Crippen molar-refractivity contribution in [1.82, 2.24) is 16.1 Å². The molecule has 2 aliphatic carbocycles. The lowest BCUT2D eigenvalue weighted by atomic mass is 9.81. The largest absolute Gasteiger partial charge is 0.481 e. The van der Waals surface area contributed by atoms with Gasteiger partial charge in [-0.05, 0) is 105 Å². The fourth-order valence-electron chi connectivity index (χ4n) is 4.44. The van der Waals surface area contributed by atoms with E-state index in [0.29, 0.717) is 37.8 Å². The Hall–Kier alpha value is -2.56. The lowest BCUT2D eigenvalue weighted by molar-refractivity contribution is -0.143. The minimum atomic E-state index is -0.700. The number of alkyl carbamates (subject to hydrolysis) is 2. The molecule has 0 saturated heterocycles. The summed E-state index contributed by atoms with van der Waals surface area (Å²) in [4.78, 5) is 45.1. The maximum absolute atomic E-state index is 11.5. The third kappa shape index (κ3) is 15.6. The van der Waals surface area contributed by atoms with Gasteiger partial charge in [0.1, 0.15) is 11.2 Å². The molecule has 0 aromatic heterocycles. The highest BCUT2D eigenvalue weighted by Gasteiger charge is 2.27. The van der Waals surface area contributed by atoms with Crippen LogP contribution in [0.3, 0.4) is 0 Å². The molecule has 0 spiro atoms. The van der Waals surface area contributed by atoms with Crippen molar-refractivity contribution in [2.45, 2.75) is 112 Å². The van der Waals surface area contributed by atoms with E-state index in [2.05, 4.69) is 16.1 Å². The molecule has 0 aliphatic heterocycles. The van der Waals surface area contributed by atoms with Gasteiger partial charge in [-0.1, -0.05) is 7.43 Å². The van der Waals surface area contributed by atoms with Crippen molar-refractivity contribution in [1.29, 1.82) is 0 Å². The fourth-order valence-corrected chi connectivity index (χ4v) is 4.44. The van der Waals surface area contributed by atoms with Crippen molar-refractivity contribution in [3.63, 3.8) is 0 Å². The Morgan fingerprint density at radius 1 is 0.711 bits per heavy atom. The Labute approximate surface area is 228 Å². The number of carboxylic acids is 1. The van der Waals surface area contributed by atoms with Crippen molar-refractivity contribution in [3.8, 4) is 0 Å². The predicted molar refractivity (Wildman–Crippen MR) is 146 cm³/mol. The minimum Gasteiger partial charge on any atom is -0.481 e. The molecular weight excluding hydrogens is 492 g/mol. The van der Waals surface area contributed by atoms with Gasteiger partial charge in [0.15, 0.2) is 0 Å². The molecule has 2 fully saturated rings. The van der Waals surface area contributed by atoms with Gasteiger partial charge in [0.2, 0.25) is 5.91 Å². The number of nitrogens with two attached hydrogens (primary N) is 1. The van der Waals surface area contributed by atoms with Crippen molar-refractivity contribution in [3.05, 3.63) is 0 Å². The molecule has 222 valence electrons. The van der Waals surface area contributed by atoms with Crippen LogP contribution < -0.4 is 21.9 Å². The van der Waals surface area contributed by atoms with Crippen LogP contribution in [-0.4, -0.2) is 53.5 Å². The zero-order chi connectivity index (χ0) is 28.2. The van der Waals surface area contributed by atoms with Crippen LogP contribution in [0.5, 0.6) is 0 Å². The standard InChI is InChI=1S/C13H25N3O3.C13H23NO4.CH4/c1-13(2,3)19-12(18)15-8-9-4-6-10(7-5-9)11(17)16-14;1-13(2,3)18-12(17)14-8-9-4-6-10(7-5-9)11(15)16;/h9-10H,4-8,14H2,1-3H3,(H,15,18)(H,16,17);9-10H,4-8H2,1-3H3,(H,14,17)(H,15,16);1H4. The van der Waals surface area contributed by atoms with E-state index < -0.39 is 23.3 Å². The summed E-state index contributed by atoms with van der Waals surface area (Å²) in [6, 6.07) is 0. The molecule has 0 heterocycles. The average Bonchev–Trinajstić information content (AvgIpc) is 2.80. The minimum absolute atomic E-state index is 0. The molecule has 2 aliphatic rings. The van der Waals surface area contributed by atoms with Gasteiger partial charge in [-0.25, -0.2) is 15.4 Å². The van der Waals surface area contributed by atoms with Crippen LogP contribution in [-0.2, 0) is 19.1 Å². The lowest BCUT2D eigenvalue weighted by Crippen LogP contribution is -2.39. The van der Waals surface area contributed by atoms with Gasteiger partial charge < -0.3 is 25.2 Å². The van der Waals surface area contributed by atoms with Crippen molar-refractivity contribution < 1.29 is 33.8 Å². The SMILES string of the molecule is C.CC(C)(C)OC(=O)NCC1CCC(C(=O)NN)CC1.CC(C)(C)OC(=O)NCC1CCC(C(=O)O)CC1. The number of ether oxygens (including phenoxy) is 2. The van der Waals surface area contributed by atoms with Crippen molar-refractivity contribution in [2.24, 2.45) is 29.5 Å². The molecule has 3 amide bonds. The van der Waals surface area contributed by atoms with Crippen LogP contribution in [0.15, 0.2) is 0 Å². The van der Waals surface area contributed by atoms with Gasteiger partial charge >= 0.3 is 18.2 Å². The summed E-state index contributed by atoms with van der Waals surface area (Å²) in [6.07, 6.45) is 5.83. The third-order valence-electron chi connectivity index (χ3n) is 6.42. The molecule has 11 nitrogen and oxygen atoms in total. The van der Waals surface area contributed by atoms with Crippen LogP contribution in [0.1, 0.15) is 100 Å². The first kappa shape index (κ1) is 35.4. The van der Waals surface area contributed by atoms with Gasteiger partial charge in [0.25, 0.3) is 0 Å². The molecule has 2 saturated carbocycles. The van der Waals surface area contributed by atoms with Crippen molar-refractivity contribution in [2.75, 3.05) is 13.1 Å². The van der Waals surface area contributed by atoms with Gasteiger partial charge in [-0.2, -0.15) is 0 Å². The maximum atomic E-state index is 11.5. The summed E-state index contributed by atoms with van der Waals surface area (Å²) in [7, 11) is 0. The summed E-state index contributed by atoms with van der Waals surface area (Å²) >= 11 is 0. The number of hydrogen-bond donors (Lipinski definition) is 5. The number of nitrogens with one attached hydrogen (secondary N) is 3. The highest BCUT2D eigenvalue weighted by atomic mass is 16.6. The summed E-state index contributed by atoms with van der Waals surface area (Å²) in [5, 5.41) is 14.4. The molecule has 0 aromatic rings. The molecular formula is C27H52N4O7. The van der Waals surface area contributed by atoms with E-state index in [1.165, 1.54) is 0 Å². The molecule has 0 unspecified atom stereocenters. The van der Waals surface area contributed by atoms with Crippen LogP contribution >= 0.6 is 0 Å². The second-order valence-electron chi connectivity index (χ2n) is 12.0. The normalized spacial score (nSPS) is 23.3. The van der Waals surface area contributed by atoms with E-state index in [1.54, 1.807) is 0 Å². The Bertz CT molecular complexity index is 746. The smallest absolute Gasteiger partial charge is 0.407 e. The van der Waals surface area contributed by atoms with E-state index >= 15 is 0 Å². The number of carbonyl (C=O) groups excluding carboxylic acids is 3. The van der Waals surface area contributed by atoms with Gasteiger partial charge in [-0.15, -0.1) is 0 Å². The summed E-state index contributed by atoms with van der Waals surface area (Å²) in [5.74, 6) is 4.93. The monoisotopic (exact) mass is 544 g/mol. The molecule has 0 atom stereocenters. The van der Waals surface area contributed by atoms with E-state index in [1.807, 2.05) is 41.5 Å². The third-order valence-corrected chi connectivity index (χ3v) is 6.42. The van der Waals surface area contributed by atoms with E-state index in [9.17, 15) is 19.2 Å². The number of carboxylic acid groups (broad SMARTS) is 1. The van der Waals surface area contributed by atoms with Crippen LogP contribution in [0.25, 0.3) is 0 Å². The molecule has 2 rings (SSSR count). The molecule has 0 radical (unpaired) electrons. The number of rotatable bonds is 6. The second-order valence-corrected chi connectivity index (χ2v) is 12.0. The predicted octanol–water partition coefficient (Wildman–Crippen LogP) is 4.35. The van der Waals surface area contributed by atoms with Crippen LogP contribution in [0.4, 0.5) is 9.59 Å².